The predicted molar refractivity (Wildman–Crippen MR) is 67.5 cm³/mol. The van der Waals surface area contributed by atoms with E-state index in [1.807, 2.05) is 0 Å². The quantitative estimate of drug-likeness (QED) is 0.468. The van der Waals surface area contributed by atoms with E-state index >= 15 is 0 Å². The third-order valence-corrected chi connectivity index (χ3v) is 2.37. The van der Waals surface area contributed by atoms with Gasteiger partial charge in [0, 0.05) is 13.0 Å². The van der Waals surface area contributed by atoms with Gasteiger partial charge in [0.1, 0.15) is 0 Å². The van der Waals surface area contributed by atoms with Gasteiger partial charge in [0.05, 0.1) is 5.60 Å². The van der Waals surface area contributed by atoms with Gasteiger partial charge in [-0.15, -0.1) is 0 Å². The highest BCUT2D eigenvalue weighted by Crippen LogP contribution is 2.09. The molecule has 0 spiro atoms. The zero-order chi connectivity index (χ0) is 12.4. The second kappa shape index (κ2) is 8.48. The number of allylic oxidation sites excluding steroid dienone is 2. The number of hydrogen-bond donors (Lipinski definition) is 2. The van der Waals surface area contributed by atoms with Gasteiger partial charge in [-0.1, -0.05) is 25.8 Å². The van der Waals surface area contributed by atoms with E-state index in [1.165, 1.54) is 18.9 Å². The Morgan fingerprint density at radius 1 is 1.44 bits per heavy atom. The smallest absolute Gasteiger partial charge is 0.158 e. The number of rotatable bonds is 9. The molecule has 1 unspecified atom stereocenters. The summed E-state index contributed by atoms with van der Waals surface area (Å²) >= 11 is 0. The van der Waals surface area contributed by atoms with Gasteiger partial charge in [0.25, 0.3) is 0 Å². The molecule has 16 heavy (non-hydrogen) atoms. The Bertz CT molecular complexity index is 222. The Balaban J connectivity index is 3.73. The third-order valence-electron chi connectivity index (χ3n) is 2.37. The van der Waals surface area contributed by atoms with Crippen LogP contribution < -0.4 is 5.32 Å². The maximum Gasteiger partial charge on any atom is 0.158 e. The topological polar surface area (TPSA) is 49.3 Å². The molecule has 0 saturated heterocycles. The summed E-state index contributed by atoms with van der Waals surface area (Å²) in [6.45, 7) is 7.03. The zero-order valence-electron chi connectivity index (χ0n) is 10.8. The highest BCUT2D eigenvalue weighted by atomic mass is 16.3. The molecule has 0 aliphatic rings. The second-order valence-electron chi connectivity index (χ2n) is 4.52. The van der Waals surface area contributed by atoms with Crippen molar-refractivity contribution in [3.63, 3.8) is 0 Å². The standard InChI is InChI=1S/C13H25NO2/c1-4-6-7-9-14-11-13(3,16)10-12(15)8-5-2/h5,8,14,16H,4,6-7,9-11H2,1-3H3. The summed E-state index contributed by atoms with van der Waals surface area (Å²) in [6, 6.07) is 0. The van der Waals surface area contributed by atoms with Gasteiger partial charge in [0.15, 0.2) is 5.78 Å². The normalized spacial score (nSPS) is 15.2. The first kappa shape index (κ1) is 15.3. The molecule has 0 fully saturated rings. The summed E-state index contributed by atoms with van der Waals surface area (Å²) in [5.74, 6) is -0.0251. The van der Waals surface area contributed by atoms with E-state index in [0.717, 1.165) is 13.0 Å². The number of ketones is 1. The molecular weight excluding hydrogens is 202 g/mol. The number of carbonyl (C=O) groups excluding carboxylic acids is 1. The van der Waals surface area contributed by atoms with E-state index in [0.29, 0.717) is 6.54 Å². The van der Waals surface area contributed by atoms with E-state index < -0.39 is 5.60 Å². The summed E-state index contributed by atoms with van der Waals surface area (Å²) in [6.07, 6.45) is 6.90. The monoisotopic (exact) mass is 227 g/mol. The van der Waals surface area contributed by atoms with E-state index in [-0.39, 0.29) is 12.2 Å². The third kappa shape index (κ3) is 8.62. The maximum atomic E-state index is 11.3. The summed E-state index contributed by atoms with van der Waals surface area (Å²) in [4.78, 5) is 11.3. The van der Waals surface area contributed by atoms with Gasteiger partial charge in [-0.05, 0) is 32.9 Å². The van der Waals surface area contributed by atoms with Gasteiger partial charge >= 0.3 is 0 Å². The van der Waals surface area contributed by atoms with Crippen LogP contribution in [-0.2, 0) is 4.79 Å². The molecule has 0 radical (unpaired) electrons. The van der Waals surface area contributed by atoms with Crippen molar-refractivity contribution in [2.45, 2.75) is 52.1 Å². The fraction of sp³-hybridized carbons (Fsp3) is 0.769. The Labute approximate surface area is 98.9 Å². The van der Waals surface area contributed by atoms with Crippen molar-refractivity contribution in [2.75, 3.05) is 13.1 Å². The van der Waals surface area contributed by atoms with Gasteiger partial charge < -0.3 is 10.4 Å². The number of unbranched alkanes of at least 4 members (excludes halogenated alkanes) is 2. The Morgan fingerprint density at radius 3 is 2.69 bits per heavy atom. The number of nitrogens with one attached hydrogen (secondary N) is 1. The van der Waals surface area contributed by atoms with Crippen LogP contribution in [0.3, 0.4) is 0 Å². The number of carbonyl (C=O) groups is 1. The van der Waals surface area contributed by atoms with Crippen molar-refractivity contribution in [2.24, 2.45) is 0 Å². The van der Waals surface area contributed by atoms with Crippen LogP contribution in [0.2, 0.25) is 0 Å². The lowest BCUT2D eigenvalue weighted by Gasteiger charge is -2.22. The molecule has 0 aromatic rings. The van der Waals surface area contributed by atoms with Crippen LogP contribution in [0.25, 0.3) is 0 Å². The molecule has 3 nitrogen and oxygen atoms in total. The van der Waals surface area contributed by atoms with E-state index in [1.54, 1.807) is 19.9 Å². The Hall–Kier alpha value is -0.670. The average molecular weight is 227 g/mol. The van der Waals surface area contributed by atoms with Gasteiger partial charge in [-0.25, -0.2) is 0 Å². The SMILES string of the molecule is CC=CC(=O)CC(C)(O)CNCCCCC. The van der Waals surface area contributed by atoms with Crippen molar-refractivity contribution in [3.8, 4) is 0 Å². The number of aliphatic hydroxyl groups is 1. The lowest BCUT2D eigenvalue weighted by molar-refractivity contribution is -0.118. The molecule has 0 bridgehead atoms. The summed E-state index contributed by atoms with van der Waals surface area (Å²) in [5, 5.41) is 13.1. The van der Waals surface area contributed by atoms with Crippen molar-refractivity contribution in [1.29, 1.82) is 0 Å². The lowest BCUT2D eigenvalue weighted by atomic mass is 9.99. The van der Waals surface area contributed by atoms with Crippen LogP contribution in [0.5, 0.6) is 0 Å². The second-order valence-corrected chi connectivity index (χ2v) is 4.52. The first-order valence-electron chi connectivity index (χ1n) is 6.10. The fourth-order valence-corrected chi connectivity index (χ4v) is 1.54. The Kier molecular flexibility index (Phi) is 8.12. The highest BCUT2D eigenvalue weighted by molar-refractivity contribution is 5.90. The maximum absolute atomic E-state index is 11.3. The summed E-state index contributed by atoms with van der Waals surface area (Å²) in [7, 11) is 0. The van der Waals surface area contributed by atoms with Crippen LogP contribution in [0.15, 0.2) is 12.2 Å². The van der Waals surface area contributed by atoms with Gasteiger partial charge in [-0.2, -0.15) is 0 Å². The van der Waals surface area contributed by atoms with Gasteiger partial charge in [-0.3, -0.25) is 4.79 Å². The van der Waals surface area contributed by atoms with Crippen LogP contribution in [0.4, 0.5) is 0 Å². The van der Waals surface area contributed by atoms with Crippen LogP contribution >= 0.6 is 0 Å². The summed E-state index contributed by atoms with van der Waals surface area (Å²) < 4.78 is 0. The molecule has 0 aromatic carbocycles. The minimum Gasteiger partial charge on any atom is -0.388 e. The molecule has 0 aliphatic carbocycles. The molecule has 0 aliphatic heterocycles. The summed E-state index contributed by atoms with van der Waals surface area (Å²) in [5.41, 5.74) is -0.942. The van der Waals surface area contributed by atoms with Crippen molar-refractivity contribution < 1.29 is 9.90 Å². The average Bonchev–Trinajstić information content (AvgIpc) is 2.16. The highest BCUT2D eigenvalue weighted by Gasteiger charge is 2.22. The van der Waals surface area contributed by atoms with E-state index in [2.05, 4.69) is 12.2 Å². The molecule has 0 saturated carbocycles. The first-order chi connectivity index (χ1) is 7.52. The molecule has 2 N–H and O–H groups in total. The van der Waals surface area contributed by atoms with Crippen LogP contribution in [-0.4, -0.2) is 29.6 Å². The fourth-order valence-electron chi connectivity index (χ4n) is 1.54. The molecular formula is C13H25NO2. The first-order valence-corrected chi connectivity index (χ1v) is 6.10. The van der Waals surface area contributed by atoms with Crippen LogP contribution in [0, 0.1) is 0 Å². The van der Waals surface area contributed by atoms with Crippen molar-refractivity contribution in [3.05, 3.63) is 12.2 Å². The van der Waals surface area contributed by atoms with E-state index in [4.69, 9.17) is 0 Å². The van der Waals surface area contributed by atoms with Crippen LogP contribution in [0.1, 0.15) is 46.5 Å². The van der Waals surface area contributed by atoms with Crippen molar-refractivity contribution >= 4 is 5.78 Å². The largest absolute Gasteiger partial charge is 0.388 e. The number of hydrogen-bond acceptors (Lipinski definition) is 3. The molecule has 1 atom stereocenters. The minimum absolute atomic E-state index is 0.0251. The van der Waals surface area contributed by atoms with E-state index in [9.17, 15) is 9.90 Å². The minimum atomic E-state index is -0.942. The Morgan fingerprint density at radius 2 is 2.12 bits per heavy atom. The zero-order valence-corrected chi connectivity index (χ0v) is 10.8. The lowest BCUT2D eigenvalue weighted by Crippen LogP contribution is -2.39. The van der Waals surface area contributed by atoms with Crippen molar-refractivity contribution in [1.82, 2.24) is 5.32 Å². The molecule has 0 amide bonds. The molecule has 0 rings (SSSR count). The predicted octanol–water partition coefficient (Wildman–Crippen LogP) is 2.05. The molecule has 0 aromatic heterocycles. The molecule has 0 heterocycles. The molecule has 3 heteroatoms. The van der Waals surface area contributed by atoms with Gasteiger partial charge in [0.2, 0.25) is 0 Å². The molecule has 94 valence electrons.